The maximum absolute atomic E-state index is 13.3. The first-order valence-corrected chi connectivity index (χ1v) is 11.0. The molecule has 0 unspecified atom stereocenters. The number of hydrogen-bond acceptors (Lipinski definition) is 7. The lowest BCUT2D eigenvalue weighted by molar-refractivity contribution is 0.0699. The standard InChI is InChI=1S/C25H25FN6O2/c26-20-8-3-16(4-9-20)18-5-10-21(27)22(15-18)28-23(33)17-1-6-19(7-2-17)25(11-13-34-14-12-25)24-29-31-32-30-24/h1-10,15,31-32H,11-14,27H2,(H,28,33)(H,29,30). The number of amidine groups is 1. The molecule has 2 aliphatic rings. The number of carbonyl (C=O) groups excluding carboxylic acids is 1. The Labute approximate surface area is 196 Å². The number of hydrogen-bond donors (Lipinski definition) is 5. The molecule has 8 nitrogen and oxygen atoms in total. The van der Waals surface area contributed by atoms with Gasteiger partial charge in [0.05, 0.1) is 16.8 Å². The number of rotatable bonds is 5. The van der Waals surface area contributed by atoms with Gasteiger partial charge in [-0.3, -0.25) is 10.2 Å². The molecule has 0 radical (unpaired) electrons. The summed E-state index contributed by atoms with van der Waals surface area (Å²) in [5, 5.41) is 7.24. The van der Waals surface area contributed by atoms with Gasteiger partial charge < -0.3 is 15.8 Å². The molecule has 34 heavy (non-hydrogen) atoms. The lowest BCUT2D eigenvalue weighted by Gasteiger charge is -2.37. The van der Waals surface area contributed by atoms with Crippen LogP contribution in [0.25, 0.3) is 11.1 Å². The number of nitrogens with two attached hydrogens (primary N) is 1. The van der Waals surface area contributed by atoms with Gasteiger partial charge in [-0.25, -0.2) is 9.93 Å². The fraction of sp³-hybridized carbons (Fsp3) is 0.200. The maximum Gasteiger partial charge on any atom is 0.255 e. The zero-order valence-electron chi connectivity index (χ0n) is 18.4. The second-order valence-electron chi connectivity index (χ2n) is 8.36. The molecule has 0 atom stereocenters. The number of halogens is 1. The number of anilines is 2. The third-order valence-corrected chi connectivity index (χ3v) is 6.38. The molecular weight excluding hydrogens is 435 g/mol. The first-order chi connectivity index (χ1) is 16.5. The third-order valence-electron chi connectivity index (χ3n) is 6.38. The topological polar surface area (TPSA) is 113 Å². The number of hydrazine groups is 2. The number of benzene rings is 3. The number of nitrogen functional groups attached to an aromatic ring is 1. The van der Waals surface area contributed by atoms with Crippen LogP contribution in [0.2, 0.25) is 0 Å². The van der Waals surface area contributed by atoms with E-state index in [2.05, 4.69) is 26.9 Å². The summed E-state index contributed by atoms with van der Waals surface area (Å²) in [7, 11) is 0. The average Bonchev–Trinajstić information content (AvgIpc) is 3.42. The van der Waals surface area contributed by atoms with Crippen molar-refractivity contribution >= 4 is 23.1 Å². The quantitative estimate of drug-likeness (QED) is 0.374. The van der Waals surface area contributed by atoms with Crippen LogP contribution in [0.4, 0.5) is 15.8 Å². The van der Waals surface area contributed by atoms with Gasteiger partial charge in [0.1, 0.15) is 11.7 Å². The van der Waals surface area contributed by atoms with Gasteiger partial charge in [-0.2, -0.15) is 0 Å². The Bertz CT molecular complexity index is 1220. The number of nitrogens with one attached hydrogen (secondary N) is 4. The minimum atomic E-state index is -0.322. The first kappa shape index (κ1) is 21.9. The smallest absolute Gasteiger partial charge is 0.255 e. The van der Waals surface area contributed by atoms with E-state index in [1.807, 2.05) is 18.2 Å². The van der Waals surface area contributed by atoms with E-state index in [0.29, 0.717) is 30.2 Å². The Morgan fingerprint density at radius 3 is 2.38 bits per heavy atom. The van der Waals surface area contributed by atoms with Crippen molar-refractivity contribution in [3.63, 3.8) is 0 Å². The average molecular weight is 461 g/mol. The molecule has 3 aromatic carbocycles. The Hall–Kier alpha value is -3.95. The number of nitrogens with zero attached hydrogens (tertiary/aromatic N) is 1. The molecule has 0 bridgehead atoms. The van der Waals surface area contributed by atoms with Gasteiger partial charge in [0.2, 0.25) is 0 Å². The summed E-state index contributed by atoms with van der Waals surface area (Å²) in [6.07, 6.45) is 1.56. The fourth-order valence-corrected chi connectivity index (χ4v) is 4.43. The van der Waals surface area contributed by atoms with E-state index in [4.69, 9.17) is 10.5 Å². The molecule has 0 aliphatic carbocycles. The minimum absolute atomic E-state index is 0.268. The predicted molar refractivity (Wildman–Crippen MR) is 129 cm³/mol. The van der Waals surface area contributed by atoms with E-state index in [9.17, 15) is 9.18 Å². The molecule has 2 aliphatic heterocycles. The van der Waals surface area contributed by atoms with Crippen LogP contribution < -0.4 is 27.5 Å². The molecule has 1 fully saturated rings. The highest BCUT2D eigenvalue weighted by Gasteiger charge is 2.41. The number of carbonyl (C=O) groups is 1. The number of ether oxygens (including phenoxy) is 1. The van der Waals surface area contributed by atoms with Gasteiger partial charge in [-0.15, -0.1) is 10.6 Å². The van der Waals surface area contributed by atoms with Gasteiger partial charge in [0.15, 0.2) is 0 Å². The van der Waals surface area contributed by atoms with Crippen LogP contribution in [0.15, 0.2) is 71.8 Å². The zero-order valence-corrected chi connectivity index (χ0v) is 18.4. The summed E-state index contributed by atoms with van der Waals surface area (Å²) in [6, 6.07) is 19.0. The molecule has 2 heterocycles. The summed E-state index contributed by atoms with van der Waals surface area (Å²) < 4.78 is 18.8. The number of amides is 1. The summed E-state index contributed by atoms with van der Waals surface area (Å²) >= 11 is 0. The van der Waals surface area contributed by atoms with Gasteiger partial charge in [-0.1, -0.05) is 30.3 Å². The van der Waals surface area contributed by atoms with Crippen LogP contribution in [0.1, 0.15) is 28.8 Å². The second kappa shape index (κ2) is 9.12. The molecular formula is C25H25FN6O2. The molecule has 1 saturated heterocycles. The van der Waals surface area contributed by atoms with Crippen molar-refractivity contribution < 1.29 is 13.9 Å². The normalized spacial score (nSPS) is 16.8. The largest absolute Gasteiger partial charge is 0.397 e. The highest BCUT2D eigenvalue weighted by Crippen LogP contribution is 2.36. The van der Waals surface area contributed by atoms with E-state index in [1.165, 1.54) is 12.1 Å². The van der Waals surface area contributed by atoms with E-state index in [1.54, 1.807) is 36.4 Å². The van der Waals surface area contributed by atoms with E-state index in [0.717, 1.165) is 35.4 Å². The highest BCUT2D eigenvalue weighted by atomic mass is 19.1. The molecule has 0 aromatic heterocycles. The van der Waals surface area contributed by atoms with Crippen LogP contribution in [-0.2, 0) is 10.2 Å². The van der Waals surface area contributed by atoms with Crippen molar-refractivity contribution in [3.05, 3.63) is 83.7 Å². The van der Waals surface area contributed by atoms with E-state index in [-0.39, 0.29) is 17.1 Å². The molecule has 1 amide bonds. The second-order valence-corrected chi connectivity index (χ2v) is 8.36. The Morgan fingerprint density at radius 1 is 1.00 bits per heavy atom. The van der Waals surface area contributed by atoms with Gasteiger partial charge >= 0.3 is 0 Å². The zero-order chi connectivity index (χ0) is 23.5. The van der Waals surface area contributed by atoms with E-state index >= 15 is 0 Å². The van der Waals surface area contributed by atoms with Crippen LogP contribution in [0, 0.1) is 5.82 Å². The number of hydrazone groups is 1. The van der Waals surface area contributed by atoms with Gasteiger partial charge in [0, 0.05) is 18.8 Å². The third kappa shape index (κ3) is 4.18. The van der Waals surface area contributed by atoms with Crippen LogP contribution in [0.5, 0.6) is 0 Å². The molecule has 3 aromatic rings. The predicted octanol–water partition coefficient (Wildman–Crippen LogP) is 3.30. The molecule has 6 N–H and O–H groups in total. The van der Waals surface area contributed by atoms with Gasteiger partial charge in [-0.05, 0) is 65.9 Å². The van der Waals surface area contributed by atoms with Crippen molar-refractivity contribution in [1.29, 1.82) is 0 Å². The van der Waals surface area contributed by atoms with Crippen LogP contribution in [-0.4, -0.2) is 25.0 Å². The monoisotopic (exact) mass is 460 g/mol. The Kier molecular flexibility index (Phi) is 5.87. The van der Waals surface area contributed by atoms with Crippen molar-refractivity contribution in [2.75, 3.05) is 24.3 Å². The SMILES string of the molecule is Nc1ccc(-c2ccc(F)cc2)cc1NC(=O)c1ccc(C2(C3=NNNN3)CCOCC2)cc1. The van der Waals surface area contributed by atoms with Crippen LogP contribution >= 0.6 is 0 Å². The Balaban J connectivity index is 1.37. The lowest BCUT2D eigenvalue weighted by Crippen LogP contribution is -2.49. The summed E-state index contributed by atoms with van der Waals surface area (Å²) in [5.74, 6) is 0.232. The summed E-state index contributed by atoms with van der Waals surface area (Å²) in [4.78, 5) is 13.0. The summed E-state index contributed by atoms with van der Waals surface area (Å²) in [6.45, 7) is 1.26. The summed E-state index contributed by atoms with van der Waals surface area (Å²) in [5.41, 5.74) is 18.6. The van der Waals surface area contributed by atoms with Crippen molar-refractivity contribution in [2.24, 2.45) is 5.10 Å². The minimum Gasteiger partial charge on any atom is -0.397 e. The maximum atomic E-state index is 13.3. The van der Waals surface area contributed by atoms with Crippen LogP contribution in [0.3, 0.4) is 0 Å². The Morgan fingerprint density at radius 2 is 1.71 bits per heavy atom. The molecule has 9 heteroatoms. The van der Waals surface area contributed by atoms with Crippen molar-refractivity contribution in [1.82, 2.24) is 16.5 Å². The fourth-order valence-electron chi connectivity index (χ4n) is 4.43. The molecule has 0 saturated carbocycles. The van der Waals surface area contributed by atoms with Crippen molar-refractivity contribution in [3.8, 4) is 11.1 Å². The molecule has 5 rings (SSSR count). The van der Waals surface area contributed by atoms with Crippen molar-refractivity contribution in [2.45, 2.75) is 18.3 Å². The van der Waals surface area contributed by atoms with Gasteiger partial charge in [0.25, 0.3) is 5.91 Å². The molecule has 174 valence electrons. The highest BCUT2D eigenvalue weighted by molar-refractivity contribution is 6.06. The lowest BCUT2D eigenvalue weighted by atomic mass is 9.73. The van der Waals surface area contributed by atoms with E-state index < -0.39 is 0 Å². The molecule has 0 spiro atoms. The first-order valence-electron chi connectivity index (χ1n) is 11.0.